The van der Waals surface area contributed by atoms with E-state index in [-0.39, 0.29) is 5.41 Å². The summed E-state index contributed by atoms with van der Waals surface area (Å²) in [6.07, 6.45) is 0. The van der Waals surface area contributed by atoms with Gasteiger partial charge in [-0.15, -0.1) is 11.3 Å². The van der Waals surface area contributed by atoms with E-state index in [1.807, 2.05) is 11.3 Å². The number of rotatable bonds is 7. The van der Waals surface area contributed by atoms with Crippen molar-refractivity contribution < 1.29 is 0 Å². The minimum Gasteiger partial charge on any atom is -0.311 e. The van der Waals surface area contributed by atoms with Crippen molar-refractivity contribution in [3.63, 3.8) is 0 Å². The first-order chi connectivity index (χ1) is 30.6. The fourth-order valence-corrected chi connectivity index (χ4v) is 11.3. The average molecular weight is 808 g/mol. The zero-order valence-corrected chi connectivity index (χ0v) is 35.1. The van der Waals surface area contributed by atoms with Gasteiger partial charge in [0.2, 0.25) is 0 Å². The molecule has 0 spiro atoms. The Bertz CT molecular complexity index is 3450. The van der Waals surface area contributed by atoms with Gasteiger partial charge in [-0.3, -0.25) is 0 Å². The quantitative estimate of drug-likeness (QED) is 0.155. The molecule has 10 aromatic carbocycles. The van der Waals surface area contributed by atoms with Crippen molar-refractivity contribution in [1.29, 1.82) is 0 Å². The summed E-state index contributed by atoms with van der Waals surface area (Å²) in [5.41, 5.74) is 17.1. The van der Waals surface area contributed by atoms with Crippen LogP contribution in [0.15, 0.2) is 231 Å². The van der Waals surface area contributed by atoms with Crippen LogP contribution in [0, 0.1) is 0 Å². The number of hydrogen-bond donors (Lipinski definition) is 0. The SMILES string of the molecule is CC1(c2ccccc2)c2ccccc2-c2ccc(-c3ccc(N(c4ccc(-c5cccc6ccccc56)cc4)c4ccc(-c5cccc6c5sc5ccccc56)cc4)cc3)cc21. The lowest BCUT2D eigenvalue weighted by molar-refractivity contribution is 0.714. The first kappa shape index (κ1) is 36.3. The Kier molecular flexibility index (Phi) is 8.55. The summed E-state index contributed by atoms with van der Waals surface area (Å²) in [4.78, 5) is 2.38. The molecule has 292 valence electrons. The van der Waals surface area contributed by atoms with E-state index >= 15 is 0 Å². The second-order valence-electron chi connectivity index (χ2n) is 16.6. The molecule has 12 rings (SSSR count). The van der Waals surface area contributed by atoms with Crippen LogP contribution in [0.2, 0.25) is 0 Å². The summed E-state index contributed by atoms with van der Waals surface area (Å²) in [5.74, 6) is 0. The van der Waals surface area contributed by atoms with Gasteiger partial charge in [0, 0.05) is 42.6 Å². The van der Waals surface area contributed by atoms with E-state index in [4.69, 9.17) is 0 Å². The van der Waals surface area contributed by atoms with Crippen LogP contribution in [0.25, 0.3) is 75.5 Å². The summed E-state index contributed by atoms with van der Waals surface area (Å²) < 4.78 is 2.65. The summed E-state index contributed by atoms with van der Waals surface area (Å²) in [6, 6.07) is 84.9. The van der Waals surface area contributed by atoms with Crippen LogP contribution < -0.4 is 4.90 Å². The highest BCUT2D eigenvalue weighted by atomic mass is 32.1. The Labute approximate surface area is 366 Å². The molecule has 0 radical (unpaired) electrons. The predicted octanol–water partition coefficient (Wildman–Crippen LogP) is 17.0. The van der Waals surface area contributed by atoms with Crippen LogP contribution in [0.1, 0.15) is 23.6 Å². The normalized spacial score (nSPS) is 14.3. The summed E-state index contributed by atoms with van der Waals surface area (Å²) in [5, 5.41) is 5.15. The van der Waals surface area contributed by atoms with E-state index in [9.17, 15) is 0 Å². The molecule has 62 heavy (non-hydrogen) atoms. The molecule has 1 aliphatic rings. The highest BCUT2D eigenvalue weighted by Gasteiger charge is 2.40. The van der Waals surface area contributed by atoms with Gasteiger partial charge in [0.25, 0.3) is 0 Å². The van der Waals surface area contributed by atoms with Crippen molar-refractivity contribution in [3.8, 4) is 44.5 Å². The highest BCUT2D eigenvalue weighted by Crippen LogP contribution is 2.53. The minimum atomic E-state index is -0.243. The van der Waals surface area contributed by atoms with Crippen molar-refractivity contribution in [2.45, 2.75) is 12.3 Å². The van der Waals surface area contributed by atoms with Crippen LogP contribution in [0.4, 0.5) is 17.1 Å². The molecule has 1 unspecified atom stereocenters. The Morgan fingerprint density at radius 1 is 0.355 bits per heavy atom. The molecule has 0 aliphatic heterocycles. The first-order valence-electron chi connectivity index (χ1n) is 21.4. The summed E-state index contributed by atoms with van der Waals surface area (Å²) >= 11 is 1.88. The lowest BCUT2D eigenvalue weighted by atomic mass is 9.74. The molecular formula is C60H41NS. The van der Waals surface area contributed by atoms with Crippen LogP contribution in [-0.4, -0.2) is 0 Å². The van der Waals surface area contributed by atoms with Gasteiger partial charge in [-0.1, -0.05) is 182 Å². The van der Waals surface area contributed by atoms with E-state index in [2.05, 4.69) is 242 Å². The fourth-order valence-electron chi connectivity index (χ4n) is 10.0. The van der Waals surface area contributed by atoms with E-state index in [0.29, 0.717) is 0 Å². The largest absolute Gasteiger partial charge is 0.311 e. The van der Waals surface area contributed by atoms with E-state index in [1.54, 1.807) is 0 Å². The monoisotopic (exact) mass is 807 g/mol. The van der Waals surface area contributed by atoms with Gasteiger partial charge in [0.15, 0.2) is 0 Å². The molecule has 0 saturated carbocycles. The third-order valence-corrected chi connectivity index (χ3v) is 14.4. The van der Waals surface area contributed by atoms with Crippen LogP contribution >= 0.6 is 11.3 Å². The van der Waals surface area contributed by atoms with Gasteiger partial charge in [-0.05, 0) is 127 Å². The molecule has 0 saturated heterocycles. The van der Waals surface area contributed by atoms with E-state index < -0.39 is 0 Å². The van der Waals surface area contributed by atoms with Crippen LogP contribution in [-0.2, 0) is 5.41 Å². The molecule has 1 aromatic heterocycles. The number of thiophene rings is 1. The molecule has 1 atom stereocenters. The van der Waals surface area contributed by atoms with Crippen LogP contribution in [0.5, 0.6) is 0 Å². The molecule has 0 bridgehead atoms. The predicted molar refractivity (Wildman–Crippen MR) is 265 cm³/mol. The summed E-state index contributed by atoms with van der Waals surface area (Å²) in [7, 11) is 0. The maximum absolute atomic E-state index is 2.43. The number of anilines is 3. The molecule has 11 aromatic rings. The standard InChI is InChI=1S/C60H41NS/c1-60(45-15-3-2-4-16-45)56-23-9-7-18-52(56)53-38-31-44(39-57(53)60)40-25-32-46(33-26-40)61(47-34-27-42(28-35-47)50-20-11-14-41-13-5-6-17-49(41)50)48-36-29-43(30-37-48)51-21-12-22-55-54-19-8-10-24-58(54)62-59(51)55/h2-39H,1H3. The van der Waals surface area contributed by atoms with Crippen molar-refractivity contribution in [2.24, 2.45) is 0 Å². The van der Waals surface area contributed by atoms with Gasteiger partial charge < -0.3 is 4.90 Å². The van der Waals surface area contributed by atoms with Crippen molar-refractivity contribution >= 4 is 59.3 Å². The molecule has 0 N–H and O–H groups in total. The smallest absolute Gasteiger partial charge is 0.0462 e. The lowest BCUT2D eigenvalue weighted by Gasteiger charge is -2.28. The second-order valence-corrected chi connectivity index (χ2v) is 17.6. The zero-order valence-electron chi connectivity index (χ0n) is 34.3. The molecule has 0 fully saturated rings. The zero-order chi connectivity index (χ0) is 41.2. The number of fused-ring (bicyclic) bond motifs is 7. The summed E-state index contributed by atoms with van der Waals surface area (Å²) in [6.45, 7) is 2.39. The van der Waals surface area contributed by atoms with Crippen molar-refractivity contribution in [3.05, 3.63) is 247 Å². The number of nitrogens with zero attached hydrogens (tertiary/aromatic N) is 1. The van der Waals surface area contributed by atoms with Gasteiger partial charge in [-0.2, -0.15) is 0 Å². The Hall–Kier alpha value is -7.52. The second kappa shape index (κ2) is 14.6. The average Bonchev–Trinajstić information content (AvgIpc) is 3.85. The van der Waals surface area contributed by atoms with Gasteiger partial charge in [-0.25, -0.2) is 0 Å². The molecule has 1 aliphatic carbocycles. The minimum absolute atomic E-state index is 0.243. The van der Waals surface area contributed by atoms with E-state index in [0.717, 1.165) is 17.1 Å². The Balaban J connectivity index is 0.939. The molecule has 1 nitrogen and oxygen atoms in total. The Morgan fingerprint density at radius 2 is 0.871 bits per heavy atom. The topological polar surface area (TPSA) is 3.24 Å². The van der Waals surface area contributed by atoms with Crippen molar-refractivity contribution in [1.82, 2.24) is 0 Å². The fraction of sp³-hybridized carbons (Fsp3) is 0.0333. The van der Waals surface area contributed by atoms with Crippen molar-refractivity contribution in [2.75, 3.05) is 4.90 Å². The lowest BCUT2D eigenvalue weighted by Crippen LogP contribution is -2.22. The van der Waals surface area contributed by atoms with Gasteiger partial charge in [0.1, 0.15) is 0 Å². The number of hydrogen-bond acceptors (Lipinski definition) is 2. The van der Waals surface area contributed by atoms with Gasteiger partial charge >= 0.3 is 0 Å². The number of benzene rings is 10. The molecule has 1 heterocycles. The maximum Gasteiger partial charge on any atom is 0.0462 e. The highest BCUT2D eigenvalue weighted by molar-refractivity contribution is 7.26. The molecule has 0 amide bonds. The molecular weight excluding hydrogens is 767 g/mol. The third-order valence-electron chi connectivity index (χ3n) is 13.2. The maximum atomic E-state index is 2.43. The third kappa shape index (κ3) is 5.83. The van der Waals surface area contributed by atoms with Gasteiger partial charge in [0.05, 0.1) is 0 Å². The van der Waals surface area contributed by atoms with E-state index in [1.165, 1.54) is 92.1 Å². The molecule has 2 heteroatoms. The first-order valence-corrected chi connectivity index (χ1v) is 22.2. The van der Waals surface area contributed by atoms with Crippen LogP contribution in [0.3, 0.4) is 0 Å². The Morgan fingerprint density at radius 3 is 1.63 bits per heavy atom.